The summed E-state index contributed by atoms with van der Waals surface area (Å²) >= 11 is 0. The van der Waals surface area contributed by atoms with Crippen molar-refractivity contribution in [3.05, 3.63) is 71.4 Å². The summed E-state index contributed by atoms with van der Waals surface area (Å²) in [4.78, 5) is 34.5. The van der Waals surface area contributed by atoms with E-state index in [4.69, 9.17) is 9.15 Å². The van der Waals surface area contributed by atoms with Crippen molar-refractivity contribution < 1.29 is 23.8 Å². The fraction of sp³-hybridized carbons (Fsp3) is 0.320. The second kappa shape index (κ2) is 9.46. The summed E-state index contributed by atoms with van der Waals surface area (Å²) in [7, 11) is 1.52. The number of aliphatic hydroxyl groups excluding tert-OH is 1. The molecule has 0 spiro atoms. The summed E-state index contributed by atoms with van der Waals surface area (Å²) < 4.78 is 11.2. The third-order valence-electron chi connectivity index (χ3n) is 6.05. The van der Waals surface area contributed by atoms with E-state index in [-0.39, 0.29) is 11.3 Å². The van der Waals surface area contributed by atoms with E-state index >= 15 is 0 Å². The van der Waals surface area contributed by atoms with Crippen LogP contribution in [0.1, 0.15) is 36.0 Å². The molecule has 1 aromatic carbocycles. The molecule has 1 atom stereocenters. The molecule has 8 heteroatoms. The molecule has 1 amide bonds. The first kappa shape index (κ1) is 22.5. The predicted octanol–water partition coefficient (Wildman–Crippen LogP) is 3.76. The normalized spacial score (nSPS) is 16.3. The zero-order valence-electron chi connectivity index (χ0n) is 18.9. The third kappa shape index (κ3) is 4.09. The zero-order chi connectivity index (χ0) is 23.5. The molecule has 0 aliphatic carbocycles. The minimum atomic E-state index is -0.760. The van der Waals surface area contributed by atoms with Crippen LogP contribution in [-0.2, 0) is 4.79 Å². The fourth-order valence-electron chi connectivity index (χ4n) is 4.23. The molecule has 0 fully saturated rings. The number of ketones is 1. The van der Waals surface area contributed by atoms with Crippen molar-refractivity contribution in [3.8, 4) is 5.75 Å². The van der Waals surface area contributed by atoms with Crippen LogP contribution in [0, 0.1) is 0 Å². The van der Waals surface area contributed by atoms with Crippen LogP contribution in [0.25, 0.3) is 11.0 Å². The third-order valence-corrected chi connectivity index (χ3v) is 6.05. The largest absolute Gasteiger partial charge is 0.503 e. The lowest BCUT2D eigenvalue weighted by molar-refractivity contribution is -0.129. The van der Waals surface area contributed by atoms with E-state index in [0.717, 1.165) is 13.1 Å². The minimum Gasteiger partial charge on any atom is -0.503 e. The maximum Gasteiger partial charge on any atom is 0.290 e. The van der Waals surface area contributed by atoms with Gasteiger partial charge in [-0.1, -0.05) is 32.0 Å². The molecule has 0 radical (unpaired) electrons. The summed E-state index contributed by atoms with van der Waals surface area (Å²) in [5, 5.41) is 11.5. The number of aliphatic hydroxyl groups is 1. The molecule has 0 saturated heterocycles. The second-order valence-corrected chi connectivity index (χ2v) is 7.80. The lowest BCUT2D eigenvalue weighted by Gasteiger charge is -2.29. The molecule has 33 heavy (non-hydrogen) atoms. The van der Waals surface area contributed by atoms with E-state index < -0.39 is 23.5 Å². The molecular formula is C25H27N3O5. The van der Waals surface area contributed by atoms with Crippen LogP contribution in [0.15, 0.2) is 64.5 Å². The standard InChI is InChI=1S/C25H27N3O5/c1-4-27(5-2)12-13-28-21(17-9-7-11-26-15-17)20(23(30)25(28)31)22(29)19-14-16-8-6-10-18(32-3)24(16)33-19/h6-11,14-15,21,30H,4-5,12-13H2,1-3H3/t21-/m1/s1. The summed E-state index contributed by atoms with van der Waals surface area (Å²) in [6, 6.07) is 9.72. The Balaban J connectivity index is 1.75. The van der Waals surface area contributed by atoms with Gasteiger partial charge in [0.25, 0.3) is 5.91 Å². The number of pyridine rings is 1. The molecule has 2 aromatic heterocycles. The van der Waals surface area contributed by atoms with Gasteiger partial charge in [-0.2, -0.15) is 0 Å². The number of para-hydroxylation sites is 1. The number of hydrogen-bond acceptors (Lipinski definition) is 7. The number of rotatable bonds is 9. The minimum absolute atomic E-state index is 0.00873. The van der Waals surface area contributed by atoms with Gasteiger partial charge in [0.2, 0.25) is 5.78 Å². The number of nitrogens with zero attached hydrogens (tertiary/aromatic N) is 3. The van der Waals surface area contributed by atoms with Crippen molar-refractivity contribution in [2.45, 2.75) is 19.9 Å². The van der Waals surface area contributed by atoms with Gasteiger partial charge in [-0.05, 0) is 36.9 Å². The topological polar surface area (TPSA) is 96.1 Å². The monoisotopic (exact) mass is 449 g/mol. The van der Waals surface area contributed by atoms with Crippen LogP contribution in [0.5, 0.6) is 5.75 Å². The highest BCUT2D eigenvalue weighted by atomic mass is 16.5. The van der Waals surface area contributed by atoms with Crippen molar-refractivity contribution in [2.24, 2.45) is 0 Å². The predicted molar refractivity (Wildman–Crippen MR) is 123 cm³/mol. The van der Waals surface area contributed by atoms with Gasteiger partial charge in [-0.15, -0.1) is 0 Å². The molecule has 3 heterocycles. The summed E-state index contributed by atoms with van der Waals surface area (Å²) in [5.74, 6) is -1.15. The first-order valence-corrected chi connectivity index (χ1v) is 11.0. The number of hydrogen-bond donors (Lipinski definition) is 1. The average molecular weight is 450 g/mol. The number of amides is 1. The Hall–Kier alpha value is -3.65. The highest BCUT2D eigenvalue weighted by molar-refractivity contribution is 6.16. The molecule has 4 rings (SSSR count). The molecule has 3 aromatic rings. The number of methoxy groups -OCH3 is 1. The van der Waals surface area contributed by atoms with E-state index in [1.807, 2.05) is 0 Å². The number of benzene rings is 1. The van der Waals surface area contributed by atoms with Gasteiger partial charge in [-0.25, -0.2) is 0 Å². The number of fused-ring (bicyclic) bond motifs is 1. The molecule has 0 saturated carbocycles. The van der Waals surface area contributed by atoms with Crippen LogP contribution >= 0.6 is 0 Å². The van der Waals surface area contributed by atoms with Crippen LogP contribution in [0.4, 0.5) is 0 Å². The lowest BCUT2D eigenvalue weighted by atomic mass is 9.96. The lowest BCUT2D eigenvalue weighted by Crippen LogP contribution is -2.38. The number of carbonyl (C=O) groups is 2. The Bertz CT molecular complexity index is 1200. The Morgan fingerprint density at radius 1 is 1.24 bits per heavy atom. The first-order valence-electron chi connectivity index (χ1n) is 11.0. The molecule has 1 aliphatic heterocycles. The number of furan rings is 1. The number of likely N-dealkylation sites (N-methyl/N-ethyl adjacent to an activating group) is 1. The average Bonchev–Trinajstić information content (AvgIpc) is 3.39. The number of ether oxygens (including phenoxy) is 1. The first-order chi connectivity index (χ1) is 16.0. The van der Waals surface area contributed by atoms with Gasteiger partial charge in [-0.3, -0.25) is 14.6 Å². The van der Waals surface area contributed by atoms with E-state index in [1.165, 1.54) is 12.0 Å². The number of aromatic nitrogens is 1. The molecule has 1 N–H and O–H groups in total. The van der Waals surface area contributed by atoms with Gasteiger partial charge in [0.15, 0.2) is 22.9 Å². The van der Waals surface area contributed by atoms with E-state index in [9.17, 15) is 14.7 Å². The summed E-state index contributed by atoms with van der Waals surface area (Å²) in [5.41, 5.74) is 1.07. The van der Waals surface area contributed by atoms with Gasteiger partial charge < -0.3 is 24.1 Å². The van der Waals surface area contributed by atoms with Gasteiger partial charge >= 0.3 is 0 Å². The van der Waals surface area contributed by atoms with Crippen LogP contribution in [-0.4, -0.2) is 64.9 Å². The van der Waals surface area contributed by atoms with E-state index in [2.05, 4.69) is 23.7 Å². The van der Waals surface area contributed by atoms with Crippen molar-refractivity contribution in [3.63, 3.8) is 0 Å². The smallest absolute Gasteiger partial charge is 0.290 e. The molecule has 0 unspecified atom stereocenters. The molecule has 8 nitrogen and oxygen atoms in total. The SMILES string of the molecule is CCN(CC)CCN1C(=O)C(O)=C(C(=O)c2cc3cccc(OC)c3o2)[C@H]1c1cccnc1. The highest BCUT2D eigenvalue weighted by Crippen LogP contribution is 2.39. The van der Waals surface area contributed by atoms with Crippen LogP contribution < -0.4 is 4.74 Å². The Morgan fingerprint density at radius 2 is 2.03 bits per heavy atom. The Labute approximate surface area is 192 Å². The Kier molecular flexibility index (Phi) is 6.46. The summed E-state index contributed by atoms with van der Waals surface area (Å²) in [6.45, 7) is 6.74. The Morgan fingerprint density at radius 3 is 2.70 bits per heavy atom. The van der Waals surface area contributed by atoms with Crippen molar-refractivity contribution in [2.75, 3.05) is 33.3 Å². The van der Waals surface area contributed by atoms with Crippen molar-refractivity contribution in [1.29, 1.82) is 0 Å². The number of Topliss-reactive ketones (excluding diaryl/α,β-unsaturated/α-hetero) is 1. The fourth-order valence-corrected chi connectivity index (χ4v) is 4.23. The van der Waals surface area contributed by atoms with Crippen LogP contribution in [0.3, 0.4) is 0 Å². The van der Waals surface area contributed by atoms with E-state index in [1.54, 1.807) is 48.8 Å². The zero-order valence-corrected chi connectivity index (χ0v) is 18.9. The van der Waals surface area contributed by atoms with Crippen molar-refractivity contribution >= 4 is 22.7 Å². The highest BCUT2D eigenvalue weighted by Gasteiger charge is 2.44. The number of carbonyl (C=O) groups excluding carboxylic acids is 2. The van der Waals surface area contributed by atoms with Gasteiger partial charge in [0.1, 0.15) is 0 Å². The maximum atomic E-state index is 13.6. The van der Waals surface area contributed by atoms with Gasteiger partial charge in [0.05, 0.1) is 18.7 Å². The van der Waals surface area contributed by atoms with E-state index in [0.29, 0.717) is 35.4 Å². The quantitative estimate of drug-likeness (QED) is 0.497. The maximum absolute atomic E-state index is 13.6. The van der Waals surface area contributed by atoms with Crippen molar-refractivity contribution in [1.82, 2.24) is 14.8 Å². The van der Waals surface area contributed by atoms with Crippen LogP contribution in [0.2, 0.25) is 0 Å². The second-order valence-electron chi connectivity index (χ2n) is 7.80. The molecule has 1 aliphatic rings. The molecular weight excluding hydrogens is 422 g/mol. The molecule has 172 valence electrons. The summed E-state index contributed by atoms with van der Waals surface area (Å²) in [6.07, 6.45) is 3.23. The molecule has 0 bridgehead atoms. The van der Waals surface area contributed by atoms with Gasteiger partial charge in [0, 0.05) is 30.9 Å².